The van der Waals surface area contributed by atoms with Crippen molar-refractivity contribution in [3.8, 4) is 11.3 Å². The van der Waals surface area contributed by atoms with Gasteiger partial charge in [-0.15, -0.1) is 0 Å². The summed E-state index contributed by atoms with van der Waals surface area (Å²) in [6, 6.07) is 27.6. The van der Waals surface area contributed by atoms with Crippen molar-refractivity contribution >= 4 is 52.4 Å². The van der Waals surface area contributed by atoms with Crippen LogP contribution in [0.4, 0.5) is 13.2 Å². The van der Waals surface area contributed by atoms with Gasteiger partial charge in [0.25, 0.3) is 5.56 Å². The average Bonchev–Trinajstić information content (AvgIpc) is 3.70. The lowest BCUT2D eigenvalue weighted by Gasteiger charge is -2.25. The Morgan fingerprint density at radius 1 is 0.980 bits per heavy atom. The van der Waals surface area contributed by atoms with Gasteiger partial charge in [0, 0.05) is 22.2 Å². The van der Waals surface area contributed by atoms with Crippen LogP contribution < -0.4 is 14.9 Å². The van der Waals surface area contributed by atoms with E-state index >= 15 is 0 Å². The molecule has 0 spiro atoms. The molecule has 51 heavy (non-hydrogen) atoms. The molecule has 0 unspecified atom stereocenters. The quantitative estimate of drug-likeness (QED) is 0.116. The molecule has 0 saturated carbocycles. The van der Waals surface area contributed by atoms with Crippen LogP contribution in [0, 0.1) is 0 Å². The van der Waals surface area contributed by atoms with Crippen molar-refractivity contribution in [2.75, 3.05) is 6.61 Å². The second-order valence-corrected chi connectivity index (χ2v) is 13.4. The van der Waals surface area contributed by atoms with Gasteiger partial charge in [0.05, 0.1) is 34.1 Å². The molecule has 6 aromatic rings. The second-order valence-electron chi connectivity index (χ2n) is 11.0. The molecule has 4 heterocycles. The van der Waals surface area contributed by atoms with Crippen LogP contribution in [-0.2, 0) is 15.7 Å². The van der Waals surface area contributed by atoms with E-state index in [9.17, 15) is 22.8 Å². The summed E-state index contributed by atoms with van der Waals surface area (Å²) in [5, 5.41) is 0.531. The maximum absolute atomic E-state index is 14.1. The SMILES string of the molecule is CCOC(=O)C1=C(c2ccccc2)N=c2s/c(=C/c3ccc(Sc4nc(-c5ccccc5)cc(C(F)(F)F)n4)o3)c(=O)n2[C@H]1c1ccc(Cl)cc1. The van der Waals surface area contributed by atoms with Crippen LogP contribution in [0.1, 0.15) is 35.5 Å². The monoisotopic (exact) mass is 744 g/mol. The first-order valence-corrected chi connectivity index (χ1v) is 17.4. The Bertz CT molecular complexity index is 2460. The fraction of sp³-hybridized carbons (Fsp3) is 0.108. The van der Waals surface area contributed by atoms with E-state index in [2.05, 4.69) is 9.97 Å². The molecule has 0 aliphatic carbocycles. The lowest BCUT2D eigenvalue weighted by molar-refractivity contribution is -0.141. The number of aromatic nitrogens is 3. The predicted molar refractivity (Wildman–Crippen MR) is 188 cm³/mol. The molecule has 3 aromatic heterocycles. The Balaban J connectivity index is 1.31. The molecule has 0 N–H and O–H groups in total. The number of nitrogens with zero attached hydrogens (tertiary/aromatic N) is 4. The number of benzene rings is 3. The number of fused-ring (bicyclic) bond motifs is 1. The van der Waals surface area contributed by atoms with Crippen molar-refractivity contribution in [3.05, 3.63) is 156 Å². The molecule has 8 nitrogen and oxygen atoms in total. The summed E-state index contributed by atoms with van der Waals surface area (Å²) in [6.45, 7) is 1.81. The van der Waals surface area contributed by atoms with E-state index < -0.39 is 29.4 Å². The van der Waals surface area contributed by atoms with E-state index in [1.807, 2.05) is 30.3 Å². The van der Waals surface area contributed by atoms with Crippen molar-refractivity contribution in [3.63, 3.8) is 0 Å². The summed E-state index contributed by atoms with van der Waals surface area (Å²) in [5.41, 5.74) is 0.933. The second kappa shape index (κ2) is 14.2. The zero-order valence-corrected chi connectivity index (χ0v) is 28.8. The van der Waals surface area contributed by atoms with Crippen LogP contribution in [0.25, 0.3) is 23.0 Å². The van der Waals surface area contributed by atoms with Crippen LogP contribution in [0.2, 0.25) is 5.02 Å². The average molecular weight is 745 g/mol. The number of carbonyl (C=O) groups excluding carboxylic acids is 1. The summed E-state index contributed by atoms with van der Waals surface area (Å²) in [6.07, 6.45) is -3.17. The summed E-state index contributed by atoms with van der Waals surface area (Å²) >= 11 is 8.12. The fourth-order valence-corrected chi connectivity index (χ4v) is 7.31. The number of rotatable bonds is 8. The van der Waals surface area contributed by atoms with Gasteiger partial charge in [-0.05, 0) is 54.6 Å². The summed E-state index contributed by atoms with van der Waals surface area (Å²) in [4.78, 5) is 41.0. The first-order valence-electron chi connectivity index (χ1n) is 15.4. The molecule has 3 aromatic carbocycles. The largest absolute Gasteiger partial charge is 0.463 e. The highest BCUT2D eigenvalue weighted by molar-refractivity contribution is 7.99. The fourth-order valence-electron chi connectivity index (χ4n) is 5.46. The summed E-state index contributed by atoms with van der Waals surface area (Å²) in [7, 11) is 0. The Hall–Kier alpha value is -5.24. The molecule has 0 radical (unpaired) electrons. The van der Waals surface area contributed by atoms with E-state index in [4.69, 9.17) is 25.7 Å². The van der Waals surface area contributed by atoms with Crippen LogP contribution in [0.5, 0.6) is 0 Å². The number of alkyl halides is 3. The first-order chi connectivity index (χ1) is 24.6. The molecule has 1 atom stereocenters. The third-order valence-electron chi connectivity index (χ3n) is 7.69. The zero-order chi connectivity index (χ0) is 35.7. The van der Waals surface area contributed by atoms with Crippen molar-refractivity contribution in [1.82, 2.24) is 14.5 Å². The van der Waals surface area contributed by atoms with Gasteiger partial charge >= 0.3 is 12.1 Å². The third-order valence-corrected chi connectivity index (χ3v) is 9.71. The third kappa shape index (κ3) is 7.18. The summed E-state index contributed by atoms with van der Waals surface area (Å²) in [5.74, 6) is -0.358. The molecule has 0 amide bonds. The number of esters is 1. The van der Waals surface area contributed by atoms with Crippen LogP contribution in [-0.4, -0.2) is 27.1 Å². The predicted octanol–water partition coefficient (Wildman–Crippen LogP) is 7.81. The van der Waals surface area contributed by atoms with E-state index in [-0.39, 0.29) is 38.4 Å². The number of thiazole rings is 1. The van der Waals surface area contributed by atoms with Gasteiger partial charge in [-0.2, -0.15) is 13.2 Å². The Kier molecular flexibility index (Phi) is 9.51. The summed E-state index contributed by atoms with van der Waals surface area (Å²) < 4.78 is 54.4. The minimum atomic E-state index is -4.69. The molecule has 1 aliphatic rings. The number of carbonyl (C=O) groups is 1. The first kappa shape index (κ1) is 34.2. The molecule has 1 aliphatic heterocycles. The molecular weight excluding hydrogens is 721 g/mol. The number of furan rings is 1. The Morgan fingerprint density at radius 2 is 1.67 bits per heavy atom. The van der Waals surface area contributed by atoms with Crippen molar-refractivity contribution in [1.29, 1.82) is 0 Å². The van der Waals surface area contributed by atoms with E-state index in [1.165, 1.54) is 10.6 Å². The highest BCUT2D eigenvalue weighted by Crippen LogP contribution is 2.37. The molecule has 14 heteroatoms. The van der Waals surface area contributed by atoms with Gasteiger partial charge in [-0.25, -0.2) is 19.8 Å². The van der Waals surface area contributed by atoms with Gasteiger partial charge in [0.15, 0.2) is 15.1 Å². The van der Waals surface area contributed by atoms with Crippen molar-refractivity contribution < 1.29 is 27.1 Å². The van der Waals surface area contributed by atoms with Gasteiger partial charge in [0.2, 0.25) is 0 Å². The number of hydrogen-bond acceptors (Lipinski definition) is 9. The van der Waals surface area contributed by atoms with Crippen LogP contribution in [0.3, 0.4) is 0 Å². The lowest BCUT2D eigenvalue weighted by atomic mass is 9.93. The maximum Gasteiger partial charge on any atom is 0.433 e. The highest BCUT2D eigenvalue weighted by atomic mass is 35.5. The number of halogens is 4. The topological polar surface area (TPSA) is 99.6 Å². The zero-order valence-electron chi connectivity index (χ0n) is 26.4. The molecule has 7 rings (SSSR count). The van der Waals surface area contributed by atoms with Crippen LogP contribution >= 0.6 is 34.7 Å². The van der Waals surface area contributed by atoms with E-state index in [1.54, 1.807) is 73.7 Å². The highest BCUT2D eigenvalue weighted by Gasteiger charge is 2.36. The Morgan fingerprint density at radius 3 is 2.33 bits per heavy atom. The van der Waals surface area contributed by atoms with Crippen molar-refractivity contribution in [2.24, 2.45) is 4.99 Å². The number of ether oxygens (including phenoxy) is 1. The van der Waals surface area contributed by atoms with E-state index in [0.717, 1.165) is 29.2 Å². The van der Waals surface area contributed by atoms with Gasteiger partial charge < -0.3 is 9.15 Å². The normalized spacial score (nSPS) is 14.7. The maximum atomic E-state index is 14.1. The standard InChI is InChI=1S/C37H24ClF3N4O4S2/c1-2-48-34(47)30-31(22-11-7-4-8-12-22)44-36-45(32(30)23-13-15-24(38)16-14-23)33(46)27(50-36)19-25-17-18-29(49-25)51-35-42-26(21-9-5-3-6-10-21)20-28(43-35)37(39,40)41/h3-20,32H,2H2,1H3/b27-19+/t32-/m0/s1. The molecule has 0 fully saturated rings. The minimum absolute atomic E-state index is 0.111. The lowest BCUT2D eigenvalue weighted by Crippen LogP contribution is -2.39. The van der Waals surface area contributed by atoms with Gasteiger partial charge in [-0.1, -0.05) is 95.7 Å². The van der Waals surface area contributed by atoms with Crippen LogP contribution in [0.15, 0.2) is 133 Å². The van der Waals surface area contributed by atoms with Crippen molar-refractivity contribution in [2.45, 2.75) is 29.4 Å². The Labute approximate surface area is 301 Å². The molecule has 0 saturated heterocycles. The van der Waals surface area contributed by atoms with E-state index in [0.29, 0.717) is 32.2 Å². The molecule has 256 valence electrons. The van der Waals surface area contributed by atoms with Gasteiger partial charge in [0.1, 0.15) is 11.5 Å². The molecular formula is C37H24ClF3N4O4S2. The molecule has 0 bridgehead atoms. The number of hydrogen-bond donors (Lipinski definition) is 0. The van der Waals surface area contributed by atoms with Gasteiger partial charge in [-0.3, -0.25) is 9.36 Å². The minimum Gasteiger partial charge on any atom is -0.463 e. The smallest absolute Gasteiger partial charge is 0.433 e.